The molecule has 0 radical (unpaired) electrons. The highest BCUT2D eigenvalue weighted by Gasteiger charge is 2.02. The Morgan fingerprint density at radius 2 is 2.10 bits per heavy atom. The Morgan fingerprint density at radius 3 is 2.55 bits per heavy atom. The van der Waals surface area contributed by atoms with Gasteiger partial charge in [-0.3, -0.25) is 10.0 Å². The van der Waals surface area contributed by atoms with Crippen molar-refractivity contribution in [2.75, 3.05) is 0 Å². The van der Waals surface area contributed by atoms with Crippen molar-refractivity contribution in [2.24, 2.45) is 0 Å². The molecule has 0 saturated carbocycles. The summed E-state index contributed by atoms with van der Waals surface area (Å²) in [5, 5.41) is 18.5. The fraction of sp³-hybridized carbons (Fsp3) is 0. The summed E-state index contributed by atoms with van der Waals surface area (Å²) in [6.07, 6.45) is 3.57. The molecular formula is C12H11BrClNO4P+. The summed E-state index contributed by atoms with van der Waals surface area (Å²) >= 11 is 8.74. The molecule has 0 aliphatic heterocycles. The molecule has 0 fully saturated rings. The van der Waals surface area contributed by atoms with Crippen molar-refractivity contribution in [3.05, 3.63) is 51.7 Å². The quantitative estimate of drug-likeness (QED) is 0.364. The summed E-state index contributed by atoms with van der Waals surface area (Å²) in [6, 6.07) is 6.01. The summed E-state index contributed by atoms with van der Waals surface area (Å²) in [5.41, 5.74) is 0.424. The maximum Gasteiger partial charge on any atom is 0.237 e. The van der Waals surface area contributed by atoms with Gasteiger partial charge in [0.2, 0.25) is 12.4 Å². The van der Waals surface area contributed by atoms with Crippen LogP contribution in [0.1, 0.15) is 10.4 Å². The molecule has 20 heavy (non-hydrogen) atoms. The van der Waals surface area contributed by atoms with Crippen LogP contribution in [0.3, 0.4) is 0 Å². The fourth-order valence-corrected chi connectivity index (χ4v) is 1.80. The number of pyridine rings is 1. The number of nitrogens with zero attached hydrogens (tertiary/aromatic N) is 1. The van der Waals surface area contributed by atoms with Gasteiger partial charge in [-0.2, -0.15) is 0 Å². The Kier molecular flexibility index (Phi) is 6.71. The van der Waals surface area contributed by atoms with Crippen molar-refractivity contribution in [3.63, 3.8) is 0 Å². The molecule has 1 heterocycles. The molecule has 2 N–H and O–H groups in total. The molecule has 1 aromatic carbocycles. The molecule has 0 saturated heterocycles. The number of hydrogen-bond donors (Lipinski definition) is 2. The van der Waals surface area contributed by atoms with Crippen LogP contribution in [0.5, 0.6) is 11.5 Å². The fourth-order valence-electron chi connectivity index (χ4n) is 1.15. The van der Waals surface area contributed by atoms with E-state index in [1.807, 2.05) is 9.47 Å². The van der Waals surface area contributed by atoms with E-state index in [1.54, 1.807) is 12.1 Å². The summed E-state index contributed by atoms with van der Waals surface area (Å²) in [7, 11) is 2.01. The van der Waals surface area contributed by atoms with E-state index in [4.69, 9.17) is 26.4 Å². The molecule has 8 heteroatoms. The highest BCUT2D eigenvalue weighted by Crippen LogP contribution is 2.27. The Bertz CT molecular complexity index is 612. The lowest BCUT2D eigenvalue weighted by Crippen LogP contribution is -2.28. The van der Waals surface area contributed by atoms with Gasteiger partial charge in [0.15, 0.2) is 11.5 Å². The summed E-state index contributed by atoms with van der Waals surface area (Å²) in [6.45, 7) is 0. The molecule has 2 rings (SSSR count). The third kappa shape index (κ3) is 4.96. The lowest BCUT2D eigenvalue weighted by Gasteiger charge is -2.01. The van der Waals surface area contributed by atoms with Gasteiger partial charge < -0.3 is 9.63 Å². The normalized spacial score (nSPS) is 9.35. The minimum Gasteiger partial charge on any atom is -0.504 e. The average molecular weight is 380 g/mol. The minimum absolute atomic E-state index is 0.0374. The first-order chi connectivity index (χ1) is 9.47. The van der Waals surface area contributed by atoms with Gasteiger partial charge in [0.25, 0.3) is 0 Å². The van der Waals surface area contributed by atoms with Gasteiger partial charge in [0.05, 0.1) is 14.5 Å². The van der Waals surface area contributed by atoms with Crippen LogP contribution in [0.25, 0.3) is 0 Å². The van der Waals surface area contributed by atoms with Gasteiger partial charge in [-0.25, -0.2) is 0 Å². The van der Waals surface area contributed by atoms with Crippen molar-refractivity contribution < 1.29 is 24.4 Å². The second-order valence-corrected chi connectivity index (χ2v) is 4.98. The summed E-state index contributed by atoms with van der Waals surface area (Å²) in [4.78, 5) is 10.2. The largest absolute Gasteiger partial charge is 0.504 e. The molecule has 2 aromatic rings. The Balaban J connectivity index is 0.000000204. The Labute approximate surface area is 131 Å². The predicted molar refractivity (Wildman–Crippen MR) is 80.4 cm³/mol. The molecular weight excluding hydrogens is 368 g/mol. The SMILES string of the molecule is O=Cc1ccc(OP)c(O)c1.O[n+]1ccc(Cl)c(Br)c1. The highest BCUT2D eigenvalue weighted by atomic mass is 79.9. The number of halogens is 2. The first kappa shape index (κ1) is 16.7. The van der Waals surface area contributed by atoms with Crippen LogP contribution in [-0.2, 0) is 0 Å². The van der Waals surface area contributed by atoms with Gasteiger partial charge in [-0.15, -0.1) is 0 Å². The molecule has 1 aromatic heterocycles. The third-order valence-corrected chi connectivity index (χ3v) is 3.54. The molecule has 0 aliphatic carbocycles. The topological polar surface area (TPSA) is 70.6 Å². The number of aromatic nitrogens is 1. The van der Waals surface area contributed by atoms with E-state index in [0.717, 1.165) is 4.73 Å². The van der Waals surface area contributed by atoms with Gasteiger partial charge in [0.1, 0.15) is 10.8 Å². The van der Waals surface area contributed by atoms with Crippen molar-refractivity contribution >= 4 is 43.3 Å². The van der Waals surface area contributed by atoms with Crippen LogP contribution in [-0.4, -0.2) is 16.6 Å². The maximum absolute atomic E-state index is 10.2. The summed E-state index contributed by atoms with van der Waals surface area (Å²) < 4.78 is 6.30. The zero-order valence-electron chi connectivity index (χ0n) is 10.0. The van der Waals surface area contributed by atoms with E-state index in [2.05, 4.69) is 15.9 Å². The van der Waals surface area contributed by atoms with E-state index in [1.165, 1.54) is 24.5 Å². The first-order valence-electron chi connectivity index (χ1n) is 5.18. The van der Waals surface area contributed by atoms with Crippen LogP contribution in [0.2, 0.25) is 5.02 Å². The van der Waals surface area contributed by atoms with Gasteiger partial charge in [-0.1, -0.05) is 11.6 Å². The van der Waals surface area contributed by atoms with Crippen LogP contribution < -0.4 is 9.25 Å². The van der Waals surface area contributed by atoms with Crippen LogP contribution in [0.15, 0.2) is 41.1 Å². The van der Waals surface area contributed by atoms with E-state index < -0.39 is 0 Å². The van der Waals surface area contributed by atoms with Crippen LogP contribution >= 0.6 is 37.0 Å². The third-order valence-electron chi connectivity index (χ3n) is 2.09. The van der Waals surface area contributed by atoms with Gasteiger partial charge >= 0.3 is 0 Å². The average Bonchev–Trinajstić information content (AvgIpc) is 2.44. The number of aldehydes is 1. The molecule has 5 nitrogen and oxygen atoms in total. The zero-order valence-corrected chi connectivity index (χ0v) is 13.5. The lowest BCUT2D eigenvalue weighted by atomic mass is 10.2. The van der Waals surface area contributed by atoms with E-state index in [9.17, 15) is 4.79 Å². The molecule has 106 valence electrons. The smallest absolute Gasteiger partial charge is 0.237 e. The molecule has 1 atom stereocenters. The highest BCUT2D eigenvalue weighted by molar-refractivity contribution is 9.10. The van der Waals surface area contributed by atoms with E-state index >= 15 is 0 Å². The second kappa shape index (κ2) is 8.04. The number of carbonyl (C=O) groups is 1. The predicted octanol–water partition coefficient (Wildman–Crippen LogP) is 3.00. The molecule has 1 unspecified atom stereocenters. The Hall–Kier alpha value is -1.36. The van der Waals surface area contributed by atoms with Crippen LogP contribution in [0, 0.1) is 0 Å². The van der Waals surface area contributed by atoms with E-state index in [-0.39, 0.29) is 5.75 Å². The van der Waals surface area contributed by atoms with Crippen molar-refractivity contribution in [2.45, 2.75) is 0 Å². The Morgan fingerprint density at radius 1 is 1.40 bits per heavy atom. The monoisotopic (exact) mass is 378 g/mol. The zero-order chi connectivity index (χ0) is 15.1. The number of phenols is 1. The van der Waals surface area contributed by atoms with E-state index in [0.29, 0.717) is 27.1 Å². The molecule has 0 amide bonds. The standard InChI is InChI=1S/C7H7O3P.C5H4BrClNO/c8-4-5-1-2-7(10-11)6(9)3-5;6-4-3-8(9)2-1-5(4)7/h1-4,9H,11H2;1-3,9H/q;+1. The molecule has 0 spiro atoms. The van der Waals surface area contributed by atoms with Crippen molar-refractivity contribution in [3.8, 4) is 11.5 Å². The molecule has 0 aliphatic rings. The van der Waals surface area contributed by atoms with Crippen LogP contribution in [0.4, 0.5) is 0 Å². The first-order valence-corrected chi connectivity index (χ1v) is 6.82. The van der Waals surface area contributed by atoms with Crippen molar-refractivity contribution in [1.82, 2.24) is 0 Å². The van der Waals surface area contributed by atoms with Gasteiger partial charge in [0, 0.05) is 16.4 Å². The number of carbonyl (C=O) groups excluding carboxylic acids is 1. The van der Waals surface area contributed by atoms with Gasteiger partial charge in [-0.05, 0) is 34.1 Å². The second-order valence-electron chi connectivity index (χ2n) is 3.48. The van der Waals surface area contributed by atoms with Crippen molar-refractivity contribution in [1.29, 1.82) is 0 Å². The summed E-state index contributed by atoms with van der Waals surface area (Å²) in [5.74, 6) is 0.296. The number of hydrogen-bond acceptors (Lipinski definition) is 4. The maximum atomic E-state index is 10.2. The molecule has 0 bridgehead atoms. The lowest BCUT2D eigenvalue weighted by molar-refractivity contribution is -0.905. The number of aromatic hydroxyl groups is 1. The number of phenolic OH excluding ortho intramolecular Hbond substituents is 1. The number of benzene rings is 1. The number of rotatable bonds is 2. The minimum atomic E-state index is -0.0374.